The Morgan fingerprint density at radius 3 is 2.34 bits per heavy atom. The molecule has 0 radical (unpaired) electrons. The SMILES string of the molecule is CC(C)(N)c1ccc(NC(=C2C(=O)Nc3ccc(C(=O)NCC4CCCCC4)cc32)c2ccccc2)cc1. The summed E-state index contributed by atoms with van der Waals surface area (Å²) >= 11 is 0. The zero-order valence-electron chi connectivity index (χ0n) is 22.1. The van der Waals surface area contributed by atoms with E-state index < -0.39 is 5.54 Å². The second kappa shape index (κ2) is 10.8. The van der Waals surface area contributed by atoms with Crippen LogP contribution in [-0.2, 0) is 10.3 Å². The first-order valence-electron chi connectivity index (χ1n) is 13.5. The van der Waals surface area contributed by atoms with Crippen LogP contribution in [0.5, 0.6) is 0 Å². The lowest BCUT2D eigenvalue weighted by molar-refractivity contribution is -0.110. The van der Waals surface area contributed by atoms with Crippen LogP contribution in [0.25, 0.3) is 11.3 Å². The lowest BCUT2D eigenvalue weighted by Crippen LogP contribution is -2.30. The molecular weight excluding hydrogens is 472 g/mol. The van der Waals surface area contributed by atoms with E-state index in [1.165, 1.54) is 32.1 Å². The molecule has 0 saturated heterocycles. The van der Waals surface area contributed by atoms with E-state index in [0.29, 0.717) is 40.5 Å². The van der Waals surface area contributed by atoms with Gasteiger partial charge in [0.2, 0.25) is 0 Å². The maximum atomic E-state index is 13.3. The van der Waals surface area contributed by atoms with Crippen molar-refractivity contribution in [3.05, 3.63) is 95.1 Å². The molecule has 6 nitrogen and oxygen atoms in total. The lowest BCUT2D eigenvalue weighted by Gasteiger charge is -2.21. The van der Waals surface area contributed by atoms with E-state index in [2.05, 4.69) is 16.0 Å². The molecule has 3 aromatic rings. The predicted molar refractivity (Wildman–Crippen MR) is 155 cm³/mol. The van der Waals surface area contributed by atoms with Crippen LogP contribution >= 0.6 is 0 Å². The highest BCUT2D eigenvalue weighted by molar-refractivity contribution is 6.37. The standard InChI is InChI=1S/C32H36N4O2/c1-32(2,33)24-14-16-25(17-15-24)35-29(22-11-7-4-8-12-22)28-26-19-23(13-18-27(26)36-31(28)38)30(37)34-20-21-9-5-3-6-10-21/h4,7-8,11-19,21,35H,3,5-6,9-10,20,33H2,1-2H3,(H,34,37)(H,36,38). The largest absolute Gasteiger partial charge is 0.354 e. The molecule has 0 atom stereocenters. The van der Waals surface area contributed by atoms with Crippen LogP contribution in [0.15, 0.2) is 72.8 Å². The number of amides is 2. The van der Waals surface area contributed by atoms with Gasteiger partial charge in [-0.1, -0.05) is 61.7 Å². The Bertz CT molecular complexity index is 1350. The summed E-state index contributed by atoms with van der Waals surface area (Å²) in [7, 11) is 0. The van der Waals surface area contributed by atoms with Crippen LogP contribution < -0.4 is 21.7 Å². The summed E-state index contributed by atoms with van der Waals surface area (Å²) in [5.74, 6) is 0.239. The molecule has 38 heavy (non-hydrogen) atoms. The molecule has 2 aliphatic rings. The lowest BCUT2D eigenvalue weighted by atomic mass is 9.89. The fourth-order valence-electron chi connectivity index (χ4n) is 5.30. The van der Waals surface area contributed by atoms with Gasteiger partial charge in [-0.3, -0.25) is 9.59 Å². The summed E-state index contributed by atoms with van der Waals surface area (Å²) in [5, 5.41) is 9.58. The van der Waals surface area contributed by atoms with E-state index in [9.17, 15) is 9.59 Å². The molecule has 6 heteroatoms. The average Bonchev–Trinajstić information content (AvgIpc) is 3.26. The second-order valence-electron chi connectivity index (χ2n) is 11.0. The van der Waals surface area contributed by atoms with Crippen molar-refractivity contribution in [3.8, 4) is 0 Å². The topological polar surface area (TPSA) is 96.2 Å². The third-order valence-corrected chi connectivity index (χ3v) is 7.51. The van der Waals surface area contributed by atoms with Gasteiger partial charge in [0.25, 0.3) is 11.8 Å². The van der Waals surface area contributed by atoms with Crippen molar-refractivity contribution >= 4 is 34.5 Å². The van der Waals surface area contributed by atoms with Crippen molar-refractivity contribution in [2.45, 2.75) is 51.5 Å². The van der Waals surface area contributed by atoms with Crippen molar-refractivity contribution < 1.29 is 9.59 Å². The number of anilines is 2. The third kappa shape index (κ3) is 5.65. The number of carbonyl (C=O) groups excluding carboxylic acids is 2. The molecule has 1 fully saturated rings. The summed E-state index contributed by atoms with van der Waals surface area (Å²) in [5.41, 5.74) is 11.7. The highest BCUT2D eigenvalue weighted by atomic mass is 16.2. The molecule has 0 unspecified atom stereocenters. The molecule has 5 N–H and O–H groups in total. The van der Waals surface area contributed by atoms with E-state index >= 15 is 0 Å². The summed E-state index contributed by atoms with van der Waals surface area (Å²) in [4.78, 5) is 26.4. The monoisotopic (exact) mass is 508 g/mol. The number of hydrogen-bond donors (Lipinski definition) is 4. The van der Waals surface area contributed by atoms with Gasteiger partial charge in [-0.2, -0.15) is 0 Å². The van der Waals surface area contributed by atoms with Crippen molar-refractivity contribution in [3.63, 3.8) is 0 Å². The molecule has 1 aliphatic heterocycles. The van der Waals surface area contributed by atoms with Gasteiger partial charge in [0, 0.05) is 34.6 Å². The van der Waals surface area contributed by atoms with Gasteiger partial charge in [-0.25, -0.2) is 0 Å². The van der Waals surface area contributed by atoms with Gasteiger partial charge < -0.3 is 21.7 Å². The van der Waals surface area contributed by atoms with Crippen LogP contribution in [0.4, 0.5) is 11.4 Å². The number of benzene rings is 3. The van der Waals surface area contributed by atoms with Gasteiger partial charge in [-0.15, -0.1) is 0 Å². The fourth-order valence-corrected chi connectivity index (χ4v) is 5.30. The Morgan fingerprint density at radius 1 is 0.947 bits per heavy atom. The molecule has 196 valence electrons. The van der Waals surface area contributed by atoms with Crippen LogP contribution in [-0.4, -0.2) is 18.4 Å². The molecule has 3 aromatic carbocycles. The van der Waals surface area contributed by atoms with Gasteiger partial charge in [0.1, 0.15) is 0 Å². The van der Waals surface area contributed by atoms with Crippen LogP contribution in [0.2, 0.25) is 0 Å². The molecule has 1 saturated carbocycles. The highest BCUT2D eigenvalue weighted by Crippen LogP contribution is 2.38. The van der Waals surface area contributed by atoms with E-state index in [1.54, 1.807) is 6.07 Å². The van der Waals surface area contributed by atoms with Crippen LogP contribution in [0, 0.1) is 5.92 Å². The highest BCUT2D eigenvalue weighted by Gasteiger charge is 2.29. The predicted octanol–water partition coefficient (Wildman–Crippen LogP) is 6.12. The Morgan fingerprint density at radius 2 is 1.66 bits per heavy atom. The molecule has 0 aromatic heterocycles. The first-order valence-corrected chi connectivity index (χ1v) is 13.5. The Kier molecular flexibility index (Phi) is 7.34. The van der Waals surface area contributed by atoms with Crippen molar-refractivity contribution in [1.29, 1.82) is 0 Å². The van der Waals surface area contributed by atoms with Crippen molar-refractivity contribution in [2.75, 3.05) is 17.2 Å². The smallest absolute Gasteiger partial charge is 0.258 e. The normalized spacial score (nSPS) is 17.0. The molecule has 0 bridgehead atoms. The maximum absolute atomic E-state index is 13.3. The number of nitrogens with one attached hydrogen (secondary N) is 3. The van der Waals surface area contributed by atoms with E-state index in [0.717, 1.165) is 16.8 Å². The summed E-state index contributed by atoms with van der Waals surface area (Å²) < 4.78 is 0. The molecule has 5 rings (SSSR count). The minimum Gasteiger partial charge on any atom is -0.354 e. The number of rotatable bonds is 7. The van der Waals surface area contributed by atoms with Gasteiger partial charge in [0.15, 0.2) is 0 Å². The van der Waals surface area contributed by atoms with Crippen LogP contribution in [0.1, 0.15) is 73.0 Å². The zero-order chi connectivity index (χ0) is 26.7. The Labute approximate surface area is 224 Å². The summed E-state index contributed by atoms with van der Waals surface area (Å²) in [6, 6.07) is 23.1. The minimum absolute atomic E-state index is 0.105. The Balaban J connectivity index is 1.48. The summed E-state index contributed by atoms with van der Waals surface area (Å²) in [6.45, 7) is 4.63. The number of fused-ring (bicyclic) bond motifs is 1. The number of nitrogens with two attached hydrogens (primary N) is 1. The molecule has 1 heterocycles. The maximum Gasteiger partial charge on any atom is 0.258 e. The van der Waals surface area contributed by atoms with Gasteiger partial charge in [0.05, 0.1) is 11.3 Å². The van der Waals surface area contributed by atoms with E-state index in [-0.39, 0.29) is 11.8 Å². The molecule has 1 aliphatic carbocycles. The minimum atomic E-state index is -0.447. The molecular formula is C32H36N4O2. The average molecular weight is 509 g/mol. The first-order chi connectivity index (χ1) is 18.3. The first kappa shape index (κ1) is 25.7. The fraction of sp³-hybridized carbons (Fsp3) is 0.312. The van der Waals surface area contributed by atoms with Gasteiger partial charge >= 0.3 is 0 Å². The van der Waals surface area contributed by atoms with Crippen LogP contribution in [0.3, 0.4) is 0 Å². The number of carbonyl (C=O) groups is 2. The summed E-state index contributed by atoms with van der Waals surface area (Å²) in [6.07, 6.45) is 6.11. The van der Waals surface area contributed by atoms with Gasteiger partial charge in [-0.05, 0) is 74.1 Å². The Hall–Kier alpha value is -3.90. The van der Waals surface area contributed by atoms with E-state index in [1.807, 2.05) is 80.6 Å². The third-order valence-electron chi connectivity index (χ3n) is 7.51. The van der Waals surface area contributed by atoms with Crippen molar-refractivity contribution in [2.24, 2.45) is 11.7 Å². The molecule has 0 spiro atoms. The second-order valence-corrected chi connectivity index (χ2v) is 11.0. The number of hydrogen-bond acceptors (Lipinski definition) is 4. The molecule has 2 amide bonds. The van der Waals surface area contributed by atoms with E-state index in [4.69, 9.17) is 5.73 Å². The zero-order valence-corrected chi connectivity index (χ0v) is 22.1. The van der Waals surface area contributed by atoms with Crippen molar-refractivity contribution in [1.82, 2.24) is 5.32 Å². The quantitative estimate of drug-likeness (QED) is 0.289.